The largest absolute Gasteiger partial charge is 0.485 e. The fraction of sp³-hybridized carbons (Fsp3) is 0.476. The molecule has 29 heavy (non-hydrogen) atoms. The van der Waals surface area contributed by atoms with Crippen LogP contribution in [0.5, 0.6) is 5.75 Å². The van der Waals surface area contributed by atoms with Crippen LogP contribution < -0.4 is 10.1 Å². The SMILES string of the molecule is OC1C2OCCCOC(C(CNc3ncccc3OCc3ccccc3)O2)C1O. The summed E-state index contributed by atoms with van der Waals surface area (Å²) in [5.41, 5.74) is 1.06. The van der Waals surface area contributed by atoms with E-state index in [2.05, 4.69) is 10.3 Å². The van der Waals surface area contributed by atoms with Crippen molar-refractivity contribution in [2.75, 3.05) is 25.1 Å². The molecule has 3 aliphatic rings. The van der Waals surface area contributed by atoms with E-state index in [1.54, 1.807) is 12.3 Å². The molecule has 3 N–H and O–H groups in total. The molecule has 0 radical (unpaired) electrons. The summed E-state index contributed by atoms with van der Waals surface area (Å²) < 4.78 is 23.1. The lowest BCUT2D eigenvalue weighted by Gasteiger charge is -2.41. The highest BCUT2D eigenvalue weighted by atomic mass is 16.7. The molecule has 2 bridgehead atoms. The minimum Gasteiger partial charge on any atom is -0.485 e. The van der Waals surface area contributed by atoms with Crippen LogP contribution in [0.15, 0.2) is 48.7 Å². The van der Waals surface area contributed by atoms with Crippen LogP contribution in [0.1, 0.15) is 12.0 Å². The maximum Gasteiger partial charge on any atom is 0.186 e. The van der Waals surface area contributed by atoms with E-state index in [1.165, 1.54) is 0 Å². The topological polar surface area (TPSA) is 102 Å². The summed E-state index contributed by atoms with van der Waals surface area (Å²) in [6, 6.07) is 13.5. The standard InChI is InChI=1S/C21H26N2O6/c24-17-18(25)21-27-11-5-10-26-19(17)16(29-21)12-23-20-15(8-4-9-22-20)28-13-14-6-2-1-3-7-14/h1-4,6-9,16-19,21,24-25H,5,10-13H2,(H,22,23). The van der Waals surface area contributed by atoms with E-state index in [-0.39, 0.29) is 0 Å². The average Bonchev–Trinajstić information content (AvgIpc) is 2.90. The molecule has 2 aromatic rings. The zero-order valence-electron chi connectivity index (χ0n) is 16.0. The minimum absolute atomic E-state index is 0.313. The Morgan fingerprint density at radius 3 is 2.72 bits per heavy atom. The summed E-state index contributed by atoms with van der Waals surface area (Å²) in [5.74, 6) is 1.18. The number of aliphatic hydroxyl groups is 2. The van der Waals surface area contributed by atoms with Gasteiger partial charge in [0.25, 0.3) is 0 Å². The number of hydrogen-bond acceptors (Lipinski definition) is 8. The van der Waals surface area contributed by atoms with Gasteiger partial charge in [0.15, 0.2) is 17.9 Å². The number of nitrogens with one attached hydrogen (secondary N) is 1. The molecule has 5 unspecified atom stereocenters. The van der Waals surface area contributed by atoms with Crippen molar-refractivity contribution in [2.45, 2.75) is 43.7 Å². The Bertz CT molecular complexity index is 775. The predicted octanol–water partition coefficient (Wildman–Crippen LogP) is 1.32. The molecule has 3 aliphatic heterocycles. The molecule has 0 saturated carbocycles. The van der Waals surface area contributed by atoms with Crippen LogP contribution in [0, 0.1) is 0 Å². The van der Waals surface area contributed by atoms with E-state index in [0.717, 1.165) is 5.56 Å². The Balaban J connectivity index is 1.42. The Kier molecular flexibility index (Phi) is 6.58. The molecule has 0 amide bonds. The molecule has 5 atom stereocenters. The van der Waals surface area contributed by atoms with Gasteiger partial charge in [-0.3, -0.25) is 0 Å². The maximum atomic E-state index is 10.4. The second kappa shape index (κ2) is 9.51. The van der Waals surface area contributed by atoms with E-state index < -0.39 is 30.7 Å². The van der Waals surface area contributed by atoms with Gasteiger partial charge in [0, 0.05) is 19.3 Å². The smallest absolute Gasteiger partial charge is 0.186 e. The van der Waals surface area contributed by atoms with Gasteiger partial charge < -0.3 is 34.5 Å². The Morgan fingerprint density at radius 2 is 1.86 bits per heavy atom. The molecule has 8 heteroatoms. The number of aromatic nitrogens is 1. The van der Waals surface area contributed by atoms with Crippen molar-refractivity contribution >= 4 is 5.82 Å². The summed E-state index contributed by atoms with van der Waals surface area (Å²) in [6.07, 6.45) is -1.94. The summed E-state index contributed by atoms with van der Waals surface area (Å²) in [7, 11) is 0. The third-order valence-electron chi connectivity index (χ3n) is 5.00. The number of rotatable bonds is 6. The van der Waals surface area contributed by atoms with Gasteiger partial charge in [-0.15, -0.1) is 0 Å². The second-order valence-corrected chi connectivity index (χ2v) is 7.09. The zero-order valence-corrected chi connectivity index (χ0v) is 16.0. The van der Waals surface area contributed by atoms with Crippen molar-refractivity contribution in [2.24, 2.45) is 0 Å². The Morgan fingerprint density at radius 1 is 1.03 bits per heavy atom. The van der Waals surface area contributed by atoms with Crippen LogP contribution in [-0.2, 0) is 20.8 Å². The molecule has 5 rings (SSSR count). The van der Waals surface area contributed by atoms with Crippen LogP contribution in [0.3, 0.4) is 0 Å². The highest BCUT2D eigenvalue weighted by Crippen LogP contribution is 2.28. The van der Waals surface area contributed by atoms with E-state index in [1.807, 2.05) is 36.4 Å². The lowest BCUT2D eigenvalue weighted by atomic mass is 9.98. The maximum absolute atomic E-state index is 10.4. The van der Waals surface area contributed by atoms with Gasteiger partial charge in [-0.05, 0) is 24.1 Å². The summed E-state index contributed by atoms with van der Waals surface area (Å²) >= 11 is 0. The normalized spacial score (nSPS) is 29.5. The molecule has 4 heterocycles. The van der Waals surface area contributed by atoms with Crippen LogP contribution in [0.2, 0.25) is 0 Å². The number of pyridine rings is 1. The van der Waals surface area contributed by atoms with Gasteiger partial charge >= 0.3 is 0 Å². The highest BCUT2D eigenvalue weighted by molar-refractivity contribution is 5.49. The average molecular weight is 402 g/mol. The number of ether oxygens (including phenoxy) is 4. The molecule has 8 nitrogen and oxygen atoms in total. The lowest BCUT2D eigenvalue weighted by Crippen LogP contribution is -2.60. The predicted molar refractivity (Wildman–Crippen MR) is 104 cm³/mol. The monoisotopic (exact) mass is 402 g/mol. The molecule has 1 aromatic heterocycles. The van der Waals surface area contributed by atoms with Crippen molar-refractivity contribution in [3.63, 3.8) is 0 Å². The molecule has 3 fully saturated rings. The van der Waals surface area contributed by atoms with Gasteiger partial charge in [-0.2, -0.15) is 0 Å². The third-order valence-corrected chi connectivity index (χ3v) is 5.00. The lowest BCUT2D eigenvalue weighted by molar-refractivity contribution is -0.291. The number of anilines is 1. The van der Waals surface area contributed by atoms with Crippen molar-refractivity contribution < 1.29 is 29.2 Å². The van der Waals surface area contributed by atoms with E-state index in [0.29, 0.717) is 44.4 Å². The quantitative estimate of drug-likeness (QED) is 0.665. The molecular weight excluding hydrogens is 376 g/mol. The fourth-order valence-corrected chi connectivity index (χ4v) is 3.46. The van der Waals surface area contributed by atoms with E-state index >= 15 is 0 Å². The van der Waals surface area contributed by atoms with Crippen LogP contribution in [0.4, 0.5) is 5.82 Å². The number of hydrogen-bond donors (Lipinski definition) is 3. The number of nitrogens with zero attached hydrogens (tertiary/aromatic N) is 1. The fourth-order valence-electron chi connectivity index (χ4n) is 3.46. The number of fused-ring (bicyclic) bond motifs is 6. The Hall–Kier alpha value is -2.23. The van der Waals surface area contributed by atoms with Crippen molar-refractivity contribution in [3.05, 3.63) is 54.2 Å². The third kappa shape index (κ3) is 4.85. The summed E-state index contributed by atoms with van der Waals surface area (Å²) in [5, 5.41) is 23.8. The summed E-state index contributed by atoms with van der Waals surface area (Å²) in [4.78, 5) is 4.36. The molecule has 0 aliphatic carbocycles. The van der Waals surface area contributed by atoms with Gasteiger partial charge in [-0.25, -0.2) is 4.98 Å². The van der Waals surface area contributed by atoms with Gasteiger partial charge in [0.1, 0.15) is 31.0 Å². The molecule has 3 saturated heterocycles. The molecule has 156 valence electrons. The van der Waals surface area contributed by atoms with E-state index in [4.69, 9.17) is 18.9 Å². The molecular formula is C21H26N2O6. The first-order valence-corrected chi connectivity index (χ1v) is 9.83. The first-order valence-electron chi connectivity index (χ1n) is 9.83. The van der Waals surface area contributed by atoms with Crippen molar-refractivity contribution in [3.8, 4) is 5.75 Å². The number of benzene rings is 1. The molecule has 1 aromatic carbocycles. The number of aliphatic hydroxyl groups excluding tert-OH is 2. The summed E-state index contributed by atoms with van der Waals surface area (Å²) in [6.45, 7) is 1.57. The van der Waals surface area contributed by atoms with Crippen LogP contribution >= 0.6 is 0 Å². The van der Waals surface area contributed by atoms with Gasteiger partial charge in [0.2, 0.25) is 0 Å². The zero-order chi connectivity index (χ0) is 20.1. The van der Waals surface area contributed by atoms with Crippen LogP contribution in [-0.4, -0.2) is 65.7 Å². The molecule has 0 spiro atoms. The minimum atomic E-state index is -1.14. The second-order valence-electron chi connectivity index (χ2n) is 7.09. The van der Waals surface area contributed by atoms with Gasteiger partial charge in [-0.1, -0.05) is 30.3 Å². The van der Waals surface area contributed by atoms with Crippen molar-refractivity contribution in [1.29, 1.82) is 0 Å². The first kappa shape index (κ1) is 20.1. The van der Waals surface area contributed by atoms with Gasteiger partial charge in [0.05, 0.1) is 6.61 Å². The Labute approximate surface area is 169 Å². The first-order chi connectivity index (χ1) is 14.2. The van der Waals surface area contributed by atoms with E-state index in [9.17, 15) is 10.2 Å². The highest BCUT2D eigenvalue weighted by Gasteiger charge is 2.46. The van der Waals surface area contributed by atoms with Crippen LogP contribution in [0.25, 0.3) is 0 Å². The van der Waals surface area contributed by atoms with Crippen molar-refractivity contribution in [1.82, 2.24) is 4.98 Å².